The van der Waals surface area contributed by atoms with Gasteiger partial charge in [0.25, 0.3) is 0 Å². The Labute approximate surface area is 299 Å². The summed E-state index contributed by atoms with van der Waals surface area (Å²) in [5.74, 6) is 0.433. The Hall–Kier alpha value is -5.49. The van der Waals surface area contributed by atoms with E-state index in [-0.39, 0.29) is 5.54 Å². The van der Waals surface area contributed by atoms with Crippen molar-refractivity contribution in [3.8, 4) is 21.7 Å². The van der Waals surface area contributed by atoms with Gasteiger partial charge in [-0.3, -0.25) is 0 Å². The molecule has 3 heterocycles. The molecule has 1 saturated carbocycles. The second kappa shape index (κ2) is 11.8. The average Bonchev–Trinajstić information content (AvgIpc) is 3.49. The van der Waals surface area contributed by atoms with Crippen molar-refractivity contribution in [3.63, 3.8) is 0 Å². The van der Waals surface area contributed by atoms with Crippen LogP contribution in [0, 0.1) is 5.92 Å². The first-order chi connectivity index (χ1) is 24.7. The maximum atomic E-state index is 4.93. The Balaban J connectivity index is 0.987. The number of nitrogens with one attached hydrogen (secondary N) is 1. The van der Waals surface area contributed by atoms with Crippen LogP contribution in [0.15, 0.2) is 164 Å². The smallest absolute Gasteiger partial charge is 0.124 e. The van der Waals surface area contributed by atoms with E-state index in [1.807, 2.05) is 17.5 Å². The molecule has 5 aromatic carbocycles. The lowest BCUT2D eigenvalue weighted by atomic mass is 9.97. The molecule has 0 bridgehead atoms. The van der Waals surface area contributed by atoms with Gasteiger partial charge in [0.2, 0.25) is 0 Å². The summed E-state index contributed by atoms with van der Waals surface area (Å²) in [4.78, 5) is 8.84. The summed E-state index contributed by atoms with van der Waals surface area (Å²) >= 11 is 3.64. The summed E-state index contributed by atoms with van der Waals surface area (Å²) in [6.07, 6.45) is 14.8. The number of allylic oxidation sites excluding steroid dienone is 4. The summed E-state index contributed by atoms with van der Waals surface area (Å²) in [5, 5.41) is 5.61. The molecule has 7 aromatic rings. The van der Waals surface area contributed by atoms with Crippen LogP contribution in [0.25, 0.3) is 53.1 Å². The van der Waals surface area contributed by atoms with Crippen LogP contribution in [-0.2, 0) is 0 Å². The number of para-hydroxylation sites is 1. The number of thiazole rings is 1. The summed E-state index contributed by atoms with van der Waals surface area (Å²) in [6, 6.07) is 46.5. The third kappa shape index (κ3) is 5.13. The second-order valence-corrected chi connectivity index (χ2v) is 15.4. The van der Waals surface area contributed by atoms with Crippen LogP contribution in [0.4, 0.5) is 11.4 Å². The van der Waals surface area contributed by atoms with Crippen LogP contribution in [-0.4, -0.2) is 17.1 Å². The van der Waals surface area contributed by atoms with Crippen molar-refractivity contribution in [1.29, 1.82) is 0 Å². The van der Waals surface area contributed by atoms with E-state index in [0.717, 1.165) is 29.1 Å². The molecule has 3 aliphatic rings. The van der Waals surface area contributed by atoms with E-state index in [1.165, 1.54) is 58.9 Å². The molecule has 0 radical (unpaired) electrons. The molecule has 1 N–H and O–H groups in total. The van der Waals surface area contributed by atoms with E-state index >= 15 is 0 Å². The quantitative estimate of drug-likeness (QED) is 0.182. The van der Waals surface area contributed by atoms with Crippen LogP contribution in [0.2, 0.25) is 0 Å². The number of aromatic nitrogens is 1. The molecule has 0 spiro atoms. The molecule has 5 heteroatoms. The van der Waals surface area contributed by atoms with Gasteiger partial charge in [-0.2, -0.15) is 0 Å². The zero-order valence-electron chi connectivity index (χ0n) is 27.3. The van der Waals surface area contributed by atoms with E-state index in [4.69, 9.17) is 4.98 Å². The molecule has 10 rings (SSSR count). The number of fused-ring (bicyclic) bond motifs is 3. The molecule has 2 atom stereocenters. The number of hydrogen-bond acceptors (Lipinski definition) is 5. The number of hydrogen-bond donors (Lipinski definition) is 1. The SMILES string of the molecule is C1=CC(c2ccc(-c3ccc(N(c4ccc(-c5nc6ccccc6s5)cc4)C45C=CC(c6cc7ccccc7s6)=C[C@H]4C5)cc3)cc2)=CCN1. The first-order valence-corrected chi connectivity index (χ1v) is 18.8. The van der Waals surface area contributed by atoms with Crippen molar-refractivity contribution < 1.29 is 0 Å². The van der Waals surface area contributed by atoms with Crippen LogP contribution in [0.5, 0.6) is 0 Å². The normalized spacial score (nSPS) is 19.2. The zero-order chi connectivity index (χ0) is 33.1. The predicted octanol–water partition coefficient (Wildman–Crippen LogP) is 11.9. The first kappa shape index (κ1) is 29.4. The van der Waals surface area contributed by atoms with Crippen LogP contribution < -0.4 is 10.2 Å². The number of anilines is 2. The van der Waals surface area contributed by atoms with E-state index in [1.54, 1.807) is 11.3 Å². The van der Waals surface area contributed by atoms with Gasteiger partial charge in [-0.1, -0.05) is 91.0 Å². The predicted molar refractivity (Wildman–Crippen MR) is 214 cm³/mol. The van der Waals surface area contributed by atoms with Crippen molar-refractivity contribution >= 4 is 65.5 Å². The Morgan fingerprint density at radius 3 is 2.04 bits per heavy atom. The van der Waals surface area contributed by atoms with Gasteiger partial charge in [-0.05, 0) is 113 Å². The highest BCUT2D eigenvalue weighted by Gasteiger charge is 2.57. The van der Waals surface area contributed by atoms with E-state index < -0.39 is 0 Å². The topological polar surface area (TPSA) is 28.2 Å². The summed E-state index contributed by atoms with van der Waals surface area (Å²) < 4.78 is 2.56. The average molecular weight is 680 g/mol. The van der Waals surface area contributed by atoms with Crippen molar-refractivity contribution in [2.75, 3.05) is 11.4 Å². The Morgan fingerprint density at radius 2 is 1.34 bits per heavy atom. The van der Waals surface area contributed by atoms with Gasteiger partial charge in [0, 0.05) is 39.0 Å². The molecule has 0 saturated heterocycles. The second-order valence-electron chi connectivity index (χ2n) is 13.3. The van der Waals surface area contributed by atoms with Crippen molar-refractivity contribution in [2.24, 2.45) is 5.92 Å². The highest BCUT2D eigenvalue weighted by atomic mass is 32.1. The minimum atomic E-state index is -0.100. The fourth-order valence-electron chi connectivity index (χ4n) is 7.52. The van der Waals surface area contributed by atoms with Crippen LogP contribution >= 0.6 is 22.7 Å². The molecule has 1 aliphatic heterocycles. The van der Waals surface area contributed by atoms with E-state index in [0.29, 0.717) is 5.92 Å². The lowest BCUT2D eigenvalue weighted by Crippen LogP contribution is -2.34. The van der Waals surface area contributed by atoms with Gasteiger partial charge in [-0.25, -0.2) is 4.98 Å². The van der Waals surface area contributed by atoms with E-state index in [2.05, 4.69) is 168 Å². The van der Waals surface area contributed by atoms with Gasteiger partial charge in [0.05, 0.1) is 15.8 Å². The Bertz CT molecular complexity index is 2450. The molecular formula is C45H33N3S2. The van der Waals surface area contributed by atoms with Crippen molar-refractivity contribution in [1.82, 2.24) is 10.3 Å². The molecule has 2 aliphatic carbocycles. The molecule has 240 valence electrons. The van der Waals surface area contributed by atoms with Gasteiger partial charge in [0.15, 0.2) is 0 Å². The number of dihydropyridines is 1. The summed E-state index contributed by atoms with van der Waals surface area (Å²) in [7, 11) is 0. The van der Waals surface area contributed by atoms with Gasteiger partial charge in [-0.15, -0.1) is 22.7 Å². The third-order valence-electron chi connectivity index (χ3n) is 10.3. The lowest BCUT2D eigenvalue weighted by Gasteiger charge is -2.35. The molecule has 1 fully saturated rings. The van der Waals surface area contributed by atoms with Crippen molar-refractivity contribution in [3.05, 3.63) is 174 Å². The largest absolute Gasteiger partial charge is 0.387 e. The highest BCUT2D eigenvalue weighted by Crippen LogP contribution is 2.58. The fraction of sp³-hybridized carbons (Fsp3) is 0.0889. The summed E-state index contributed by atoms with van der Waals surface area (Å²) in [5.41, 5.74) is 10.8. The monoisotopic (exact) mass is 679 g/mol. The number of thiophene rings is 1. The standard InChI is InChI=1S/C45H33N3S2/c1-3-7-41-35(5-1)28-43(49-41)36-21-24-45(29-37(45)27-36)48(39-19-15-34(16-20-39)44-47-40-6-2-4-8-42(40)50-44)38-17-13-32(14-18-38)30-9-11-31(12-10-30)33-22-25-46-26-23-33/h1-25,27-28,37,46H,26,29H2/t37-,45?/m0/s1. The van der Waals surface area contributed by atoms with Gasteiger partial charge >= 0.3 is 0 Å². The van der Waals surface area contributed by atoms with Crippen LogP contribution in [0.3, 0.4) is 0 Å². The lowest BCUT2D eigenvalue weighted by molar-refractivity contribution is 0.753. The molecule has 0 amide bonds. The van der Waals surface area contributed by atoms with E-state index in [9.17, 15) is 0 Å². The summed E-state index contributed by atoms with van der Waals surface area (Å²) in [6.45, 7) is 0.871. The van der Waals surface area contributed by atoms with Crippen molar-refractivity contribution in [2.45, 2.75) is 12.0 Å². The first-order valence-electron chi connectivity index (χ1n) is 17.2. The maximum absolute atomic E-state index is 4.93. The maximum Gasteiger partial charge on any atom is 0.124 e. The minimum Gasteiger partial charge on any atom is -0.387 e. The third-order valence-corrected chi connectivity index (χ3v) is 12.5. The number of rotatable bonds is 7. The van der Waals surface area contributed by atoms with Gasteiger partial charge < -0.3 is 10.2 Å². The molecule has 3 nitrogen and oxygen atoms in total. The zero-order valence-corrected chi connectivity index (χ0v) is 28.9. The fourth-order valence-corrected chi connectivity index (χ4v) is 9.56. The minimum absolute atomic E-state index is 0.100. The molecule has 1 unspecified atom stereocenters. The number of benzene rings is 5. The number of nitrogens with zero attached hydrogens (tertiary/aromatic N) is 2. The Morgan fingerprint density at radius 1 is 0.660 bits per heavy atom. The molecule has 50 heavy (non-hydrogen) atoms. The molecule has 2 aromatic heterocycles. The Kier molecular flexibility index (Phi) is 6.97. The van der Waals surface area contributed by atoms with Gasteiger partial charge in [0.1, 0.15) is 5.01 Å². The molecular weight excluding hydrogens is 647 g/mol. The van der Waals surface area contributed by atoms with Crippen LogP contribution in [0.1, 0.15) is 16.9 Å². The highest BCUT2D eigenvalue weighted by molar-refractivity contribution is 7.21.